The number of rotatable bonds is 2. The van der Waals surface area contributed by atoms with Gasteiger partial charge in [0.2, 0.25) is 0 Å². The molecule has 1 aliphatic heterocycles. The van der Waals surface area contributed by atoms with Gasteiger partial charge in [-0.25, -0.2) is 5.84 Å². The minimum Gasteiger partial charge on any atom is -0.397 e. The smallest absolute Gasteiger partial charge is 0.284 e. The van der Waals surface area contributed by atoms with E-state index in [9.17, 15) is 8.78 Å². The SMILES string of the molecule is C=C(N)/C(N)=C1\C=C(C(F)(F)P)C=CN1N. The van der Waals surface area contributed by atoms with Crippen molar-refractivity contribution in [1.29, 1.82) is 0 Å². The highest BCUT2D eigenvalue weighted by molar-refractivity contribution is 7.18. The van der Waals surface area contributed by atoms with Crippen molar-refractivity contribution in [3.8, 4) is 0 Å². The lowest BCUT2D eigenvalue weighted by Crippen LogP contribution is -2.30. The van der Waals surface area contributed by atoms with Crippen molar-refractivity contribution in [1.82, 2.24) is 5.01 Å². The summed E-state index contributed by atoms with van der Waals surface area (Å²) in [5.41, 5.74) is 8.03. The van der Waals surface area contributed by atoms with E-state index >= 15 is 0 Å². The summed E-state index contributed by atoms with van der Waals surface area (Å²) in [6.07, 6.45) is 3.64. The van der Waals surface area contributed by atoms with Gasteiger partial charge in [0, 0.05) is 17.5 Å². The minimum absolute atomic E-state index is 0.0681. The van der Waals surface area contributed by atoms with Gasteiger partial charge in [0.05, 0.1) is 11.4 Å². The van der Waals surface area contributed by atoms with Crippen molar-refractivity contribution in [2.75, 3.05) is 0 Å². The van der Waals surface area contributed by atoms with Crippen LogP contribution in [0.25, 0.3) is 0 Å². The number of hydrogen-bond acceptors (Lipinski definition) is 4. The van der Waals surface area contributed by atoms with Gasteiger partial charge in [0.1, 0.15) is 0 Å². The molecule has 88 valence electrons. The predicted molar refractivity (Wildman–Crippen MR) is 62.4 cm³/mol. The summed E-state index contributed by atoms with van der Waals surface area (Å²) in [7, 11) is 1.44. The van der Waals surface area contributed by atoms with E-state index in [0.717, 1.165) is 5.01 Å². The second-order valence-electron chi connectivity index (χ2n) is 3.27. The summed E-state index contributed by atoms with van der Waals surface area (Å²) in [5.74, 6) is 5.54. The zero-order valence-electron chi connectivity index (χ0n) is 8.45. The second kappa shape index (κ2) is 4.23. The molecule has 0 amide bonds. The Kier molecular flexibility index (Phi) is 3.35. The molecule has 1 atom stereocenters. The zero-order valence-corrected chi connectivity index (χ0v) is 9.61. The molecule has 0 aromatic heterocycles. The van der Waals surface area contributed by atoms with Crippen molar-refractivity contribution >= 4 is 9.24 Å². The fourth-order valence-electron chi connectivity index (χ4n) is 1.10. The van der Waals surface area contributed by atoms with Gasteiger partial charge in [-0.3, -0.25) is 5.01 Å². The van der Waals surface area contributed by atoms with Gasteiger partial charge in [-0.15, -0.1) is 0 Å². The van der Waals surface area contributed by atoms with Gasteiger partial charge in [0.15, 0.2) is 0 Å². The predicted octanol–water partition coefficient (Wildman–Crippen LogP) is 0.726. The van der Waals surface area contributed by atoms with Crippen LogP contribution in [0.15, 0.2) is 47.6 Å². The summed E-state index contributed by atoms with van der Waals surface area (Å²) >= 11 is 0. The van der Waals surface area contributed by atoms with Crippen LogP contribution in [-0.4, -0.2) is 10.7 Å². The molecule has 1 heterocycles. The van der Waals surface area contributed by atoms with Gasteiger partial charge in [0.25, 0.3) is 5.66 Å². The van der Waals surface area contributed by atoms with Crippen molar-refractivity contribution < 1.29 is 8.78 Å². The highest BCUT2D eigenvalue weighted by atomic mass is 31.0. The maximum absolute atomic E-state index is 13.0. The summed E-state index contributed by atoms with van der Waals surface area (Å²) in [5, 5.41) is 1.10. The van der Waals surface area contributed by atoms with Crippen LogP contribution < -0.4 is 17.3 Å². The van der Waals surface area contributed by atoms with Crippen molar-refractivity contribution in [3.05, 3.63) is 47.6 Å². The average Bonchev–Trinajstić information content (AvgIpc) is 2.15. The van der Waals surface area contributed by atoms with E-state index in [2.05, 4.69) is 6.58 Å². The molecular weight excluding hydrogens is 233 g/mol. The summed E-state index contributed by atoms with van der Waals surface area (Å²) < 4.78 is 26.1. The molecular formula is C9H13F2N4P. The molecule has 0 saturated heterocycles. The third-order valence-corrected chi connectivity index (χ3v) is 2.33. The molecule has 1 unspecified atom stereocenters. The first-order chi connectivity index (χ1) is 7.23. The van der Waals surface area contributed by atoms with Crippen LogP contribution in [0.4, 0.5) is 8.78 Å². The third-order valence-electron chi connectivity index (χ3n) is 1.99. The third kappa shape index (κ3) is 2.59. The lowest BCUT2D eigenvalue weighted by Gasteiger charge is -2.24. The Morgan fingerprint density at radius 3 is 2.44 bits per heavy atom. The first kappa shape index (κ1) is 12.7. The molecule has 0 bridgehead atoms. The highest BCUT2D eigenvalue weighted by Crippen LogP contribution is 2.35. The normalized spacial score (nSPS) is 19.5. The Bertz CT molecular complexity index is 406. The maximum Gasteiger partial charge on any atom is 0.284 e. The molecule has 0 saturated carbocycles. The second-order valence-corrected chi connectivity index (χ2v) is 3.99. The molecule has 0 aromatic carbocycles. The molecule has 0 aliphatic carbocycles. The van der Waals surface area contributed by atoms with Gasteiger partial charge in [-0.2, -0.15) is 8.78 Å². The lowest BCUT2D eigenvalue weighted by molar-refractivity contribution is 0.150. The molecule has 0 fully saturated rings. The first-order valence-electron chi connectivity index (χ1n) is 4.29. The Morgan fingerprint density at radius 2 is 2.00 bits per heavy atom. The Labute approximate surface area is 94.3 Å². The molecule has 0 spiro atoms. The summed E-state index contributed by atoms with van der Waals surface area (Å²) in [6, 6.07) is 0. The number of hydrogen-bond donors (Lipinski definition) is 3. The molecule has 7 heteroatoms. The van der Waals surface area contributed by atoms with Crippen LogP contribution in [0.5, 0.6) is 0 Å². The van der Waals surface area contributed by atoms with Crippen LogP contribution in [-0.2, 0) is 0 Å². The van der Waals surface area contributed by atoms with E-state index in [0.29, 0.717) is 0 Å². The Balaban J connectivity index is 3.23. The number of hydrazine groups is 1. The van der Waals surface area contributed by atoms with Crippen LogP contribution >= 0.6 is 9.24 Å². The fourth-order valence-corrected chi connectivity index (χ4v) is 1.28. The highest BCUT2D eigenvalue weighted by Gasteiger charge is 2.28. The monoisotopic (exact) mass is 246 g/mol. The van der Waals surface area contributed by atoms with E-state index < -0.39 is 5.66 Å². The van der Waals surface area contributed by atoms with Crippen molar-refractivity contribution in [3.63, 3.8) is 0 Å². The van der Waals surface area contributed by atoms with E-state index in [1.54, 1.807) is 0 Å². The van der Waals surface area contributed by atoms with Crippen LogP contribution in [0.1, 0.15) is 0 Å². The molecule has 1 aliphatic rings. The topological polar surface area (TPSA) is 81.3 Å². The number of halogens is 2. The molecule has 16 heavy (non-hydrogen) atoms. The molecule has 0 aromatic rings. The van der Waals surface area contributed by atoms with Crippen molar-refractivity contribution in [2.24, 2.45) is 17.3 Å². The van der Waals surface area contributed by atoms with Crippen LogP contribution in [0.2, 0.25) is 0 Å². The Morgan fingerprint density at radius 1 is 1.44 bits per heavy atom. The first-order valence-corrected chi connectivity index (χ1v) is 4.86. The molecule has 6 N–H and O–H groups in total. The van der Waals surface area contributed by atoms with Crippen LogP contribution in [0, 0.1) is 0 Å². The summed E-state index contributed by atoms with van der Waals surface area (Å²) in [6.45, 7) is 3.42. The number of allylic oxidation sites excluding steroid dienone is 3. The number of alkyl halides is 2. The van der Waals surface area contributed by atoms with E-state index in [1.165, 1.54) is 27.6 Å². The Hall–Kier alpha value is -1.39. The van der Waals surface area contributed by atoms with Gasteiger partial charge in [-0.1, -0.05) is 15.8 Å². The van der Waals surface area contributed by atoms with Crippen molar-refractivity contribution in [2.45, 2.75) is 5.66 Å². The van der Waals surface area contributed by atoms with Gasteiger partial charge in [-0.05, 0) is 12.2 Å². The largest absolute Gasteiger partial charge is 0.397 e. The van der Waals surface area contributed by atoms with E-state index in [4.69, 9.17) is 17.3 Å². The quantitative estimate of drug-likeness (QED) is 0.495. The maximum atomic E-state index is 13.0. The number of nitrogens with zero attached hydrogens (tertiary/aromatic N) is 1. The minimum atomic E-state index is -3.04. The number of nitrogens with two attached hydrogens (primary N) is 3. The van der Waals surface area contributed by atoms with Gasteiger partial charge >= 0.3 is 0 Å². The standard InChI is InChI=1S/C9H13F2N4P/c1-5(12)8(13)7-4-6(9(10,11)16)2-3-15(7)14/h2-4H,1,12-14,16H2/b8-7-. The molecule has 0 radical (unpaired) electrons. The van der Waals surface area contributed by atoms with E-state index in [1.807, 2.05) is 0 Å². The van der Waals surface area contributed by atoms with Gasteiger partial charge < -0.3 is 11.5 Å². The van der Waals surface area contributed by atoms with Crippen LogP contribution in [0.3, 0.4) is 0 Å². The van der Waals surface area contributed by atoms with E-state index in [-0.39, 0.29) is 22.7 Å². The molecule has 4 nitrogen and oxygen atoms in total. The summed E-state index contributed by atoms with van der Waals surface area (Å²) in [4.78, 5) is 0. The zero-order chi connectivity index (χ0) is 12.5. The fraction of sp³-hybridized carbons (Fsp3) is 0.111. The lowest BCUT2D eigenvalue weighted by atomic mass is 10.1. The average molecular weight is 246 g/mol. The molecule has 1 rings (SSSR count).